The molecule has 0 aliphatic carbocycles. The maximum atomic E-state index is 6.08. The Morgan fingerprint density at radius 3 is 2.25 bits per heavy atom. The Hall–Kier alpha value is -0.450. The van der Waals surface area contributed by atoms with E-state index in [0.29, 0.717) is 26.6 Å². The van der Waals surface area contributed by atoms with Gasteiger partial charge in [-0.25, -0.2) is 0 Å². The van der Waals surface area contributed by atoms with Gasteiger partial charge in [0.05, 0.1) is 19.5 Å². The molecule has 2 N–H and O–H groups in total. The quantitative estimate of drug-likeness (QED) is 0.626. The molecule has 0 saturated carbocycles. The van der Waals surface area contributed by atoms with Gasteiger partial charge in [-0.2, -0.15) is 0 Å². The van der Waals surface area contributed by atoms with Crippen LogP contribution in [0.25, 0.3) is 0 Å². The van der Waals surface area contributed by atoms with Crippen molar-refractivity contribution in [1.29, 1.82) is 0 Å². The number of nitrogens with two attached hydrogens (primary N) is 1. The molecule has 6 heteroatoms. The number of hydrogen-bond donors (Lipinski definition) is 1. The molecule has 2 aromatic rings. The third-order valence-electron chi connectivity index (χ3n) is 2.68. The van der Waals surface area contributed by atoms with Gasteiger partial charge in [-0.3, -0.25) is 0 Å². The van der Waals surface area contributed by atoms with Crippen molar-refractivity contribution in [2.45, 2.75) is 13.0 Å². The Morgan fingerprint density at radius 1 is 1.00 bits per heavy atom. The van der Waals surface area contributed by atoms with Crippen molar-refractivity contribution in [2.75, 3.05) is 0 Å². The van der Waals surface area contributed by atoms with Gasteiger partial charge >= 0.3 is 0 Å². The Balaban J connectivity index is 2.33. The van der Waals surface area contributed by atoms with Crippen LogP contribution in [0.5, 0.6) is 11.5 Å². The molecule has 0 fully saturated rings. The van der Waals surface area contributed by atoms with Crippen LogP contribution in [-0.2, 0) is 0 Å². The van der Waals surface area contributed by atoms with E-state index in [2.05, 4.69) is 15.9 Å². The zero-order chi connectivity index (χ0) is 14.9. The van der Waals surface area contributed by atoms with E-state index < -0.39 is 0 Å². The fourth-order valence-electron chi connectivity index (χ4n) is 1.58. The summed E-state index contributed by atoms with van der Waals surface area (Å²) in [7, 11) is 0. The molecular weight excluding hydrogens is 384 g/mol. The van der Waals surface area contributed by atoms with Crippen molar-refractivity contribution >= 4 is 50.7 Å². The van der Waals surface area contributed by atoms with Crippen LogP contribution in [-0.4, -0.2) is 0 Å². The molecule has 0 heterocycles. The van der Waals surface area contributed by atoms with Crippen LogP contribution in [0.2, 0.25) is 15.1 Å². The van der Waals surface area contributed by atoms with Gasteiger partial charge in [0.15, 0.2) is 0 Å². The number of ether oxygens (including phenoxy) is 1. The van der Waals surface area contributed by atoms with Crippen molar-refractivity contribution in [3.63, 3.8) is 0 Å². The summed E-state index contributed by atoms with van der Waals surface area (Å²) in [6.07, 6.45) is 0. The summed E-state index contributed by atoms with van der Waals surface area (Å²) in [5.41, 5.74) is 6.84. The monoisotopic (exact) mass is 393 g/mol. The van der Waals surface area contributed by atoms with Crippen LogP contribution in [0.3, 0.4) is 0 Å². The predicted molar refractivity (Wildman–Crippen MR) is 88.3 cm³/mol. The van der Waals surface area contributed by atoms with Gasteiger partial charge in [0, 0.05) is 12.1 Å². The second-order valence-electron chi connectivity index (χ2n) is 4.28. The molecule has 0 aliphatic rings. The van der Waals surface area contributed by atoms with Gasteiger partial charge in [0.2, 0.25) is 0 Å². The van der Waals surface area contributed by atoms with E-state index >= 15 is 0 Å². The Labute approximate surface area is 140 Å². The van der Waals surface area contributed by atoms with Gasteiger partial charge < -0.3 is 10.5 Å². The van der Waals surface area contributed by atoms with E-state index in [1.807, 2.05) is 25.1 Å². The first-order valence-electron chi connectivity index (χ1n) is 5.76. The summed E-state index contributed by atoms with van der Waals surface area (Å²) in [6.45, 7) is 1.91. The van der Waals surface area contributed by atoms with E-state index in [0.717, 1.165) is 10.0 Å². The summed E-state index contributed by atoms with van der Waals surface area (Å²) < 4.78 is 6.53. The Morgan fingerprint density at radius 2 is 1.65 bits per heavy atom. The van der Waals surface area contributed by atoms with Crippen LogP contribution in [0.1, 0.15) is 18.5 Å². The van der Waals surface area contributed by atoms with Crippen molar-refractivity contribution in [2.24, 2.45) is 5.73 Å². The lowest BCUT2D eigenvalue weighted by atomic mass is 10.1. The maximum Gasteiger partial charge on any atom is 0.147 e. The van der Waals surface area contributed by atoms with Gasteiger partial charge in [-0.05, 0) is 46.6 Å². The highest BCUT2D eigenvalue weighted by molar-refractivity contribution is 9.10. The molecule has 0 bridgehead atoms. The number of rotatable bonds is 3. The third kappa shape index (κ3) is 3.60. The van der Waals surface area contributed by atoms with Crippen molar-refractivity contribution < 1.29 is 4.74 Å². The number of benzene rings is 2. The molecule has 2 nitrogen and oxygen atoms in total. The summed E-state index contributed by atoms with van der Waals surface area (Å²) in [6, 6.07) is 8.71. The minimum atomic E-state index is -0.0473. The molecule has 2 aromatic carbocycles. The summed E-state index contributed by atoms with van der Waals surface area (Å²) in [4.78, 5) is 0. The first-order chi connectivity index (χ1) is 9.38. The zero-order valence-corrected chi connectivity index (χ0v) is 14.3. The van der Waals surface area contributed by atoms with Crippen molar-refractivity contribution in [3.05, 3.63) is 55.4 Å². The van der Waals surface area contributed by atoms with E-state index in [9.17, 15) is 0 Å². The van der Waals surface area contributed by atoms with E-state index in [4.69, 9.17) is 45.3 Å². The molecule has 106 valence electrons. The van der Waals surface area contributed by atoms with Crippen LogP contribution in [0, 0.1) is 0 Å². The molecule has 20 heavy (non-hydrogen) atoms. The van der Waals surface area contributed by atoms with E-state index in [1.54, 1.807) is 12.1 Å². The number of halogens is 4. The lowest BCUT2D eigenvalue weighted by Gasteiger charge is -2.12. The SMILES string of the molecule is C[C@@H](N)c1ccc(Oc2cc(Cl)c(Cl)cc2Cl)c(Br)c1. The van der Waals surface area contributed by atoms with E-state index in [1.165, 1.54) is 0 Å². The first-order valence-corrected chi connectivity index (χ1v) is 7.68. The predicted octanol–water partition coefficient (Wildman–Crippen LogP) is 6.22. The van der Waals surface area contributed by atoms with Gasteiger partial charge in [-0.1, -0.05) is 40.9 Å². The minimum absolute atomic E-state index is 0.0473. The minimum Gasteiger partial charge on any atom is -0.455 e. The topological polar surface area (TPSA) is 35.2 Å². The lowest BCUT2D eigenvalue weighted by Crippen LogP contribution is -2.04. The second-order valence-corrected chi connectivity index (χ2v) is 6.35. The largest absolute Gasteiger partial charge is 0.455 e. The van der Waals surface area contributed by atoms with Gasteiger partial charge in [0.1, 0.15) is 11.5 Å². The van der Waals surface area contributed by atoms with Crippen molar-refractivity contribution in [1.82, 2.24) is 0 Å². The standard InChI is InChI=1S/C14H11BrCl3NO/c1-7(19)8-2-3-13(9(15)4-8)20-14-6-11(17)10(16)5-12(14)18/h2-7H,19H2,1H3/t7-/m1/s1. The fraction of sp³-hybridized carbons (Fsp3) is 0.143. The second kappa shape index (κ2) is 6.54. The molecule has 0 unspecified atom stereocenters. The summed E-state index contributed by atoms with van der Waals surface area (Å²) in [5.74, 6) is 1.06. The third-order valence-corrected chi connectivity index (χ3v) is 4.31. The highest BCUT2D eigenvalue weighted by Crippen LogP contribution is 2.38. The molecule has 0 saturated heterocycles. The molecular formula is C14H11BrCl3NO. The molecule has 0 spiro atoms. The lowest BCUT2D eigenvalue weighted by molar-refractivity contribution is 0.479. The summed E-state index contributed by atoms with van der Waals surface area (Å²) >= 11 is 21.4. The highest BCUT2D eigenvalue weighted by atomic mass is 79.9. The van der Waals surface area contributed by atoms with Crippen LogP contribution >= 0.6 is 50.7 Å². The molecule has 0 radical (unpaired) electrons. The Bertz CT molecular complexity index is 647. The molecule has 0 aromatic heterocycles. The van der Waals surface area contributed by atoms with Gasteiger partial charge in [0.25, 0.3) is 0 Å². The van der Waals surface area contributed by atoms with Crippen LogP contribution in [0.4, 0.5) is 0 Å². The summed E-state index contributed by atoms with van der Waals surface area (Å²) in [5, 5.41) is 1.16. The fourth-order valence-corrected chi connectivity index (χ4v) is 2.64. The highest BCUT2D eigenvalue weighted by Gasteiger charge is 2.11. The molecule has 1 atom stereocenters. The smallest absolute Gasteiger partial charge is 0.147 e. The van der Waals surface area contributed by atoms with Crippen molar-refractivity contribution in [3.8, 4) is 11.5 Å². The zero-order valence-electron chi connectivity index (χ0n) is 10.5. The van der Waals surface area contributed by atoms with E-state index in [-0.39, 0.29) is 6.04 Å². The average Bonchev–Trinajstić information content (AvgIpc) is 2.37. The van der Waals surface area contributed by atoms with Crippen LogP contribution < -0.4 is 10.5 Å². The van der Waals surface area contributed by atoms with Gasteiger partial charge in [-0.15, -0.1) is 0 Å². The molecule has 0 aliphatic heterocycles. The molecule has 2 rings (SSSR count). The first kappa shape index (κ1) is 15.9. The number of hydrogen-bond acceptors (Lipinski definition) is 2. The normalized spacial score (nSPS) is 12.3. The Kier molecular flexibility index (Phi) is 5.21. The maximum absolute atomic E-state index is 6.08. The molecule has 0 amide bonds. The van der Waals surface area contributed by atoms with Crippen LogP contribution in [0.15, 0.2) is 34.8 Å². The average molecular weight is 396 g/mol.